The number of anilines is 1. The molecule has 1 amide bonds. The topological polar surface area (TPSA) is 51.2 Å². The largest absolute Gasteiger partial charge is 0.496 e. The molecule has 1 heterocycles. The second kappa shape index (κ2) is 8.44. The summed E-state index contributed by atoms with van der Waals surface area (Å²) in [5.41, 5.74) is -0.511. The number of halogens is 4. The third-order valence-corrected chi connectivity index (χ3v) is 4.60. The fourth-order valence-corrected chi connectivity index (χ4v) is 3.27. The molecule has 1 N–H and O–H groups in total. The summed E-state index contributed by atoms with van der Waals surface area (Å²) >= 11 is 0.997. The molecule has 0 aliphatic rings. The van der Waals surface area contributed by atoms with E-state index in [1.54, 1.807) is 11.4 Å². The minimum atomic E-state index is -4.71. The summed E-state index contributed by atoms with van der Waals surface area (Å²) in [6, 6.07) is 10.9. The third-order valence-electron chi connectivity index (χ3n) is 3.84. The summed E-state index contributed by atoms with van der Waals surface area (Å²) in [6.45, 7) is 0. The van der Waals surface area contributed by atoms with E-state index in [4.69, 9.17) is 4.74 Å². The van der Waals surface area contributed by atoms with Crippen molar-refractivity contribution in [3.8, 4) is 17.0 Å². The first kappa shape index (κ1) is 20.5. The van der Waals surface area contributed by atoms with Crippen LogP contribution in [-0.2, 0) is 4.79 Å². The minimum Gasteiger partial charge on any atom is -0.496 e. The van der Waals surface area contributed by atoms with E-state index < -0.39 is 23.5 Å². The van der Waals surface area contributed by atoms with Crippen molar-refractivity contribution in [1.29, 1.82) is 0 Å². The Morgan fingerprint density at radius 1 is 1.17 bits per heavy atom. The molecule has 3 aromatic rings. The predicted molar refractivity (Wildman–Crippen MR) is 103 cm³/mol. The van der Waals surface area contributed by atoms with Crippen molar-refractivity contribution in [2.75, 3.05) is 12.4 Å². The van der Waals surface area contributed by atoms with Crippen LogP contribution >= 0.6 is 11.3 Å². The molecule has 29 heavy (non-hydrogen) atoms. The Morgan fingerprint density at radius 3 is 2.55 bits per heavy atom. The maximum atomic E-state index is 13.5. The number of nitrogens with zero attached hydrogens (tertiary/aromatic N) is 1. The van der Waals surface area contributed by atoms with Gasteiger partial charge in [-0.2, -0.15) is 13.2 Å². The summed E-state index contributed by atoms with van der Waals surface area (Å²) in [4.78, 5) is 16.3. The number of ether oxygens (including phenoxy) is 1. The summed E-state index contributed by atoms with van der Waals surface area (Å²) in [6.07, 6.45) is -4.22. The number of amides is 1. The highest BCUT2D eigenvalue weighted by Crippen LogP contribution is 2.35. The van der Waals surface area contributed by atoms with Gasteiger partial charge in [0.2, 0.25) is 0 Å². The summed E-state index contributed by atoms with van der Waals surface area (Å²) < 4.78 is 58.7. The molecule has 0 saturated carbocycles. The van der Waals surface area contributed by atoms with Gasteiger partial charge >= 0.3 is 6.18 Å². The molecule has 0 spiro atoms. The molecule has 0 saturated heterocycles. The fraction of sp³-hybridized carbons (Fsp3) is 0.100. The molecule has 0 unspecified atom stereocenters. The van der Waals surface area contributed by atoms with Gasteiger partial charge in [-0.25, -0.2) is 9.37 Å². The predicted octanol–water partition coefficient (Wildman–Crippen LogP) is 5.54. The molecule has 4 nitrogen and oxygen atoms in total. The monoisotopic (exact) mass is 422 g/mol. The van der Waals surface area contributed by atoms with Gasteiger partial charge in [-0.1, -0.05) is 30.3 Å². The van der Waals surface area contributed by atoms with Crippen LogP contribution in [0.1, 0.15) is 5.56 Å². The van der Waals surface area contributed by atoms with E-state index >= 15 is 0 Å². The molecular weight excluding hydrogens is 408 g/mol. The molecular formula is C20H14F4N2O2S. The number of hydrogen-bond donors (Lipinski definition) is 1. The smallest absolute Gasteiger partial charge is 0.417 e. The maximum absolute atomic E-state index is 13.5. The first-order valence-corrected chi connectivity index (χ1v) is 9.10. The highest BCUT2D eigenvalue weighted by atomic mass is 32.1. The van der Waals surface area contributed by atoms with Gasteiger partial charge in [-0.15, -0.1) is 11.3 Å². The van der Waals surface area contributed by atoms with E-state index in [9.17, 15) is 22.4 Å². The van der Waals surface area contributed by atoms with Crippen molar-refractivity contribution in [1.82, 2.24) is 4.98 Å². The Balaban J connectivity index is 1.85. The van der Waals surface area contributed by atoms with E-state index in [2.05, 4.69) is 10.3 Å². The molecule has 0 fully saturated rings. The highest BCUT2D eigenvalue weighted by Gasteiger charge is 2.35. The molecule has 0 bridgehead atoms. The average molecular weight is 422 g/mol. The van der Waals surface area contributed by atoms with Crippen LogP contribution in [-0.4, -0.2) is 24.2 Å². The maximum Gasteiger partial charge on any atom is 0.417 e. The fourth-order valence-electron chi connectivity index (χ4n) is 2.55. The van der Waals surface area contributed by atoms with Crippen molar-refractivity contribution in [3.05, 3.63) is 71.4 Å². The van der Waals surface area contributed by atoms with Crippen molar-refractivity contribution < 1.29 is 27.1 Å². The number of thiazole rings is 1. The van der Waals surface area contributed by atoms with Crippen LogP contribution in [0, 0.1) is 5.82 Å². The van der Waals surface area contributed by atoms with E-state index in [0.29, 0.717) is 23.1 Å². The molecule has 1 aromatic heterocycles. The van der Waals surface area contributed by atoms with E-state index in [0.717, 1.165) is 11.3 Å². The van der Waals surface area contributed by atoms with Gasteiger partial charge in [-0.05, 0) is 23.8 Å². The first-order chi connectivity index (χ1) is 13.8. The van der Waals surface area contributed by atoms with Crippen LogP contribution in [0.25, 0.3) is 16.8 Å². The Kier molecular flexibility index (Phi) is 5.97. The van der Waals surface area contributed by atoms with E-state index in [-0.39, 0.29) is 10.7 Å². The summed E-state index contributed by atoms with van der Waals surface area (Å²) in [5, 5.41) is 3.93. The first-order valence-electron chi connectivity index (χ1n) is 8.22. The van der Waals surface area contributed by atoms with E-state index in [1.165, 1.54) is 49.6 Å². The number of rotatable bonds is 5. The standard InChI is InChI=1S/C20H14F4N2O2S/c1-28-17-8-7-13(21)9-14(17)16-11-29-19(25-16)26-18(27)10-15(20(22,23)24)12-5-3-2-4-6-12/h2-11H,1H3,(H,25,26,27)/b15-10-. The van der Waals surface area contributed by atoms with Gasteiger partial charge in [-0.3, -0.25) is 10.1 Å². The van der Waals surface area contributed by atoms with Gasteiger partial charge in [0, 0.05) is 17.0 Å². The zero-order valence-electron chi connectivity index (χ0n) is 15.0. The Hall–Kier alpha value is -3.20. The Bertz CT molecular complexity index is 1050. The lowest BCUT2D eigenvalue weighted by molar-refractivity contribution is -0.112. The normalized spacial score (nSPS) is 12.0. The number of carbonyl (C=O) groups excluding carboxylic acids is 1. The van der Waals surface area contributed by atoms with Crippen LogP contribution in [0.5, 0.6) is 5.75 Å². The van der Waals surface area contributed by atoms with Crippen molar-refractivity contribution >= 4 is 27.9 Å². The molecule has 0 radical (unpaired) electrons. The lowest BCUT2D eigenvalue weighted by atomic mass is 10.1. The molecule has 2 aromatic carbocycles. The van der Waals surface area contributed by atoms with Crippen LogP contribution in [0.2, 0.25) is 0 Å². The zero-order valence-corrected chi connectivity index (χ0v) is 15.8. The SMILES string of the molecule is COc1ccc(F)cc1-c1csc(NC(=O)/C=C(/c2ccccc2)C(F)(F)F)n1. The van der Waals surface area contributed by atoms with Gasteiger partial charge < -0.3 is 4.74 Å². The van der Waals surface area contributed by atoms with Crippen molar-refractivity contribution in [2.45, 2.75) is 6.18 Å². The Morgan fingerprint density at radius 2 is 1.90 bits per heavy atom. The number of nitrogens with one attached hydrogen (secondary N) is 1. The number of allylic oxidation sites excluding steroid dienone is 1. The van der Waals surface area contributed by atoms with Gasteiger partial charge in [0.1, 0.15) is 11.6 Å². The number of carbonyl (C=O) groups is 1. The lowest BCUT2D eigenvalue weighted by Gasteiger charge is -2.11. The molecule has 0 aliphatic carbocycles. The zero-order chi connectivity index (χ0) is 21.0. The summed E-state index contributed by atoms with van der Waals surface area (Å²) in [5.74, 6) is -1.11. The van der Waals surface area contributed by atoms with Crippen molar-refractivity contribution in [2.24, 2.45) is 0 Å². The number of benzene rings is 2. The second-order valence-electron chi connectivity index (χ2n) is 5.79. The summed E-state index contributed by atoms with van der Waals surface area (Å²) in [7, 11) is 1.42. The Labute approximate surface area is 167 Å². The lowest BCUT2D eigenvalue weighted by Crippen LogP contribution is -2.16. The van der Waals surface area contributed by atoms with Crippen molar-refractivity contribution in [3.63, 3.8) is 0 Å². The molecule has 3 rings (SSSR count). The van der Waals surface area contributed by atoms with Crippen LogP contribution in [0.4, 0.5) is 22.7 Å². The molecule has 0 aliphatic heterocycles. The molecule has 9 heteroatoms. The second-order valence-corrected chi connectivity index (χ2v) is 6.65. The number of aromatic nitrogens is 1. The number of hydrogen-bond acceptors (Lipinski definition) is 4. The minimum absolute atomic E-state index is 0.0714. The number of alkyl halides is 3. The van der Waals surface area contributed by atoms with Crippen LogP contribution in [0.15, 0.2) is 60.0 Å². The van der Waals surface area contributed by atoms with E-state index in [1.807, 2.05) is 0 Å². The van der Waals surface area contributed by atoms with Crippen LogP contribution in [0.3, 0.4) is 0 Å². The average Bonchev–Trinajstić information content (AvgIpc) is 3.14. The third kappa shape index (κ3) is 5.00. The van der Waals surface area contributed by atoms with Gasteiger partial charge in [0.15, 0.2) is 5.13 Å². The number of methoxy groups -OCH3 is 1. The quantitative estimate of drug-likeness (QED) is 0.434. The molecule has 150 valence electrons. The van der Waals surface area contributed by atoms with Gasteiger partial charge in [0.25, 0.3) is 5.91 Å². The van der Waals surface area contributed by atoms with Crippen LogP contribution < -0.4 is 10.1 Å². The van der Waals surface area contributed by atoms with Gasteiger partial charge in [0.05, 0.1) is 18.4 Å². The highest BCUT2D eigenvalue weighted by molar-refractivity contribution is 7.14. The molecule has 0 atom stereocenters.